The number of hydrogen-bond donors (Lipinski definition) is 6. The molecule has 5 amide bonds. The molecule has 0 aromatic heterocycles. The van der Waals surface area contributed by atoms with Crippen molar-refractivity contribution in [3.8, 4) is 11.5 Å². The van der Waals surface area contributed by atoms with E-state index in [2.05, 4.69) is 26.6 Å². The standard InChI is InChI=1S/C58H64F6N6O13/c1-33-34(2)49(70-56(75)67-41-15-9-13-39(27-41)58(62,63)64)54(81-46(33)31-78-28-35-16-20-42(76-3)21-17-35)82-51-45(68-55(74)66-40-14-8-12-38(26-40)57(59,60)61)30-80-47(32-79-29-36-18-22-43(77-4)23-19-36)50(51)69-48(71)25-24-44(65)53(73)83-52(72)37-10-6-5-7-11-37/h5-23,26-27,33-34,44-47,49-51,54H,24-25,28-32,65H2,1-4H3,(H,69,71)(H2,66,68,74)(H2,67,70,75)/t33-,34-,44+,45?,46?,47?,49?,50-,51+,54-/m0/s1. The molecule has 2 aliphatic rings. The predicted octanol–water partition coefficient (Wildman–Crippen LogP) is 8.61. The first-order chi connectivity index (χ1) is 39.6. The second kappa shape index (κ2) is 28.9. The van der Waals surface area contributed by atoms with Gasteiger partial charge in [0.25, 0.3) is 0 Å². The summed E-state index contributed by atoms with van der Waals surface area (Å²) in [7, 11) is 3.04. The maximum atomic E-state index is 14.3. The molecule has 0 radical (unpaired) electrons. The molecule has 2 saturated heterocycles. The van der Waals surface area contributed by atoms with Gasteiger partial charge in [-0.2, -0.15) is 26.3 Å². The lowest BCUT2D eigenvalue weighted by Gasteiger charge is -2.49. The first-order valence-corrected chi connectivity index (χ1v) is 26.3. The largest absolute Gasteiger partial charge is 0.497 e. The second-order valence-electron chi connectivity index (χ2n) is 19.8. The van der Waals surface area contributed by atoms with Crippen molar-refractivity contribution in [1.82, 2.24) is 16.0 Å². The molecule has 2 heterocycles. The highest BCUT2D eigenvalue weighted by Crippen LogP contribution is 2.36. The van der Waals surface area contributed by atoms with E-state index in [0.717, 1.165) is 42.0 Å². The van der Waals surface area contributed by atoms with Gasteiger partial charge in [0.2, 0.25) is 5.91 Å². The van der Waals surface area contributed by atoms with Gasteiger partial charge in [-0.1, -0.05) is 68.4 Å². The van der Waals surface area contributed by atoms with Crippen LogP contribution < -0.4 is 41.8 Å². The normalized spacial score (nSPS) is 22.0. The molecule has 0 aliphatic carbocycles. The van der Waals surface area contributed by atoms with Gasteiger partial charge in [0.1, 0.15) is 29.7 Å². The molecule has 25 heteroatoms. The number of nitrogens with one attached hydrogen (secondary N) is 5. The van der Waals surface area contributed by atoms with Crippen molar-refractivity contribution >= 4 is 41.3 Å². The Labute approximate surface area is 474 Å². The number of benzene rings is 5. The average Bonchev–Trinajstić information content (AvgIpc) is 3.25. The van der Waals surface area contributed by atoms with Gasteiger partial charge in [0.05, 0.1) is 88.2 Å². The number of ether oxygens (including phenoxy) is 8. The first-order valence-electron chi connectivity index (χ1n) is 26.3. The topological polar surface area (TPSA) is 245 Å². The summed E-state index contributed by atoms with van der Waals surface area (Å²) in [4.78, 5) is 67.8. The van der Waals surface area contributed by atoms with E-state index in [-0.39, 0.29) is 49.8 Å². The maximum absolute atomic E-state index is 14.3. The summed E-state index contributed by atoms with van der Waals surface area (Å²) in [5, 5.41) is 13.2. The number of amides is 5. The van der Waals surface area contributed by atoms with Crippen LogP contribution in [0.5, 0.6) is 11.5 Å². The zero-order chi connectivity index (χ0) is 59.8. The number of urea groups is 2. The number of halogens is 6. The van der Waals surface area contributed by atoms with E-state index in [1.165, 1.54) is 38.5 Å². The van der Waals surface area contributed by atoms with Crippen LogP contribution in [0.15, 0.2) is 127 Å². The number of carbonyl (C=O) groups excluding carboxylic acids is 5. The number of rotatable bonds is 22. The van der Waals surface area contributed by atoms with Gasteiger partial charge < -0.3 is 70.2 Å². The zero-order valence-corrected chi connectivity index (χ0v) is 45.5. The van der Waals surface area contributed by atoms with E-state index in [0.29, 0.717) is 17.1 Å². The Bertz CT molecular complexity index is 2960. The van der Waals surface area contributed by atoms with Gasteiger partial charge in [-0.15, -0.1) is 0 Å². The molecular formula is C58H64F6N6O13. The smallest absolute Gasteiger partial charge is 0.416 e. The summed E-state index contributed by atoms with van der Waals surface area (Å²) in [5.41, 5.74) is 5.20. The molecule has 2 aliphatic heterocycles. The van der Waals surface area contributed by atoms with E-state index in [4.69, 9.17) is 43.6 Å². The lowest BCUT2D eigenvalue weighted by Crippen LogP contribution is -2.69. The van der Waals surface area contributed by atoms with Crippen LogP contribution in [0.1, 0.15) is 59.3 Å². The van der Waals surface area contributed by atoms with Gasteiger partial charge in [-0.25, -0.2) is 19.2 Å². The molecule has 446 valence electrons. The molecule has 83 heavy (non-hydrogen) atoms. The van der Waals surface area contributed by atoms with Gasteiger partial charge in [-0.05, 0) is 102 Å². The van der Waals surface area contributed by atoms with Crippen molar-refractivity contribution in [1.29, 1.82) is 0 Å². The first kappa shape index (κ1) is 62.8. The minimum absolute atomic E-state index is 0.0160. The number of methoxy groups -OCH3 is 2. The number of alkyl halides is 6. The minimum atomic E-state index is -4.76. The van der Waals surface area contributed by atoms with Crippen LogP contribution in [-0.2, 0) is 63.6 Å². The fourth-order valence-electron chi connectivity index (χ4n) is 9.17. The van der Waals surface area contributed by atoms with Gasteiger partial charge in [0.15, 0.2) is 6.29 Å². The molecule has 0 saturated carbocycles. The van der Waals surface area contributed by atoms with Crippen LogP contribution >= 0.6 is 0 Å². The van der Waals surface area contributed by atoms with Gasteiger partial charge >= 0.3 is 36.4 Å². The molecule has 7 rings (SSSR count). The summed E-state index contributed by atoms with van der Waals surface area (Å²) < 4.78 is 130. The summed E-state index contributed by atoms with van der Waals surface area (Å²) in [6, 6.07) is 22.3. The van der Waals surface area contributed by atoms with Crippen molar-refractivity contribution in [3.63, 3.8) is 0 Å². The Kier molecular flexibility index (Phi) is 21.9. The molecule has 5 aromatic carbocycles. The minimum Gasteiger partial charge on any atom is -0.497 e. The molecule has 0 spiro atoms. The van der Waals surface area contributed by atoms with Gasteiger partial charge in [-0.3, -0.25) is 4.79 Å². The number of anilines is 2. The van der Waals surface area contributed by atoms with Crippen molar-refractivity contribution in [2.24, 2.45) is 17.6 Å². The van der Waals surface area contributed by atoms with Crippen LogP contribution in [0.2, 0.25) is 0 Å². The Morgan fingerprint density at radius 1 is 0.639 bits per heavy atom. The Morgan fingerprint density at radius 2 is 1.17 bits per heavy atom. The third-order valence-corrected chi connectivity index (χ3v) is 14.0. The molecule has 5 aromatic rings. The van der Waals surface area contributed by atoms with Crippen LogP contribution in [0.3, 0.4) is 0 Å². The van der Waals surface area contributed by atoms with Crippen LogP contribution in [0, 0.1) is 11.8 Å². The molecular weight excluding hydrogens is 1100 g/mol. The third kappa shape index (κ3) is 18.1. The zero-order valence-electron chi connectivity index (χ0n) is 45.5. The third-order valence-electron chi connectivity index (χ3n) is 14.0. The van der Waals surface area contributed by atoms with Crippen LogP contribution in [-0.4, -0.2) is 113 Å². The highest BCUT2D eigenvalue weighted by atomic mass is 19.4. The molecule has 4 unspecified atom stereocenters. The number of hydrogen-bond acceptors (Lipinski definition) is 14. The molecule has 2 fully saturated rings. The molecule has 19 nitrogen and oxygen atoms in total. The van der Waals surface area contributed by atoms with E-state index in [1.54, 1.807) is 73.7 Å². The number of esters is 2. The van der Waals surface area contributed by atoms with E-state index in [9.17, 15) is 50.3 Å². The summed E-state index contributed by atoms with van der Waals surface area (Å²) in [5.74, 6) is -2.66. The lowest BCUT2D eigenvalue weighted by atomic mass is 9.82. The number of carbonyl (C=O) groups is 5. The highest BCUT2D eigenvalue weighted by Gasteiger charge is 2.49. The van der Waals surface area contributed by atoms with Crippen molar-refractivity contribution in [2.75, 3.05) is 44.7 Å². The van der Waals surface area contributed by atoms with Crippen molar-refractivity contribution in [2.45, 2.75) is 101 Å². The maximum Gasteiger partial charge on any atom is 0.416 e. The highest BCUT2D eigenvalue weighted by molar-refractivity contribution is 5.98. The number of nitrogens with two attached hydrogens (primary N) is 1. The molecule has 0 bridgehead atoms. The second-order valence-corrected chi connectivity index (χ2v) is 19.8. The molecule has 10 atom stereocenters. The fourth-order valence-corrected chi connectivity index (χ4v) is 9.17. The monoisotopic (exact) mass is 1170 g/mol. The Hall–Kier alpha value is -7.81. The quantitative estimate of drug-likeness (QED) is 0.0216. The van der Waals surface area contributed by atoms with E-state index >= 15 is 0 Å². The summed E-state index contributed by atoms with van der Waals surface area (Å²) in [6.07, 6.45) is -15.2. The summed E-state index contributed by atoms with van der Waals surface area (Å²) in [6.45, 7) is 3.05. The van der Waals surface area contributed by atoms with Crippen molar-refractivity contribution < 1.29 is 88.2 Å². The van der Waals surface area contributed by atoms with Gasteiger partial charge in [0, 0.05) is 17.8 Å². The fraction of sp³-hybridized carbons (Fsp3) is 0.397. The predicted molar refractivity (Wildman–Crippen MR) is 288 cm³/mol. The average molecular weight is 1170 g/mol. The van der Waals surface area contributed by atoms with Crippen LogP contribution in [0.25, 0.3) is 0 Å². The Morgan fingerprint density at radius 3 is 1.70 bits per heavy atom. The van der Waals surface area contributed by atoms with E-state index in [1.807, 2.05) is 6.92 Å². The van der Waals surface area contributed by atoms with Crippen molar-refractivity contribution in [3.05, 3.63) is 155 Å². The Balaban J connectivity index is 1.21. The van der Waals surface area contributed by atoms with Crippen LogP contribution in [0.4, 0.5) is 47.3 Å². The lowest BCUT2D eigenvalue weighted by molar-refractivity contribution is -0.277. The molecule has 7 N–H and O–H groups in total. The summed E-state index contributed by atoms with van der Waals surface area (Å²) >= 11 is 0. The SMILES string of the molecule is COc1ccc(COCC2O[C@@H](O[C@@H]3C(NC(=O)Nc4cccc(C(F)(F)F)c4)COC(COCc4ccc(OC)cc4)[C@@H]3NC(=O)CC[C@@H](N)C(=O)OC(=O)c3ccccc3)C(NC(=O)Nc3cccc(C(F)(F)F)c3)[C@@H](C)[C@@H]2C)cc1. The van der Waals surface area contributed by atoms with E-state index < -0.39 is 127 Å².